The highest BCUT2D eigenvalue weighted by molar-refractivity contribution is 5.95. The summed E-state index contributed by atoms with van der Waals surface area (Å²) in [6, 6.07) is 1.54. The number of rotatable bonds is 3. The third-order valence-corrected chi connectivity index (χ3v) is 2.10. The third kappa shape index (κ3) is 3.21. The lowest BCUT2D eigenvalue weighted by Crippen LogP contribution is -2.14. The van der Waals surface area contributed by atoms with Crippen LogP contribution in [0.25, 0.3) is 0 Å². The average molecular weight is 264 g/mol. The highest BCUT2D eigenvalue weighted by Crippen LogP contribution is 2.35. The van der Waals surface area contributed by atoms with E-state index in [1.807, 2.05) is 0 Å². The summed E-state index contributed by atoms with van der Waals surface area (Å²) in [7, 11) is 0. The van der Waals surface area contributed by atoms with E-state index in [0.29, 0.717) is 6.07 Å². The van der Waals surface area contributed by atoms with Crippen molar-refractivity contribution in [1.82, 2.24) is 0 Å². The van der Waals surface area contributed by atoms with Crippen LogP contribution in [0.2, 0.25) is 0 Å². The van der Waals surface area contributed by atoms with Gasteiger partial charge in [-0.3, -0.25) is 4.79 Å². The molecule has 18 heavy (non-hydrogen) atoms. The second-order valence-electron chi connectivity index (χ2n) is 4.05. The Labute approximate surface area is 102 Å². The van der Waals surface area contributed by atoms with Crippen LogP contribution in [0.3, 0.4) is 0 Å². The van der Waals surface area contributed by atoms with Crippen LogP contribution in [0.4, 0.5) is 17.6 Å². The van der Waals surface area contributed by atoms with Crippen molar-refractivity contribution in [3.05, 3.63) is 29.1 Å². The van der Waals surface area contributed by atoms with Gasteiger partial charge in [0, 0.05) is 0 Å². The van der Waals surface area contributed by atoms with Crippen molar-refractivity contribution >= 4 is 5.78 Å². The summed E-state index contributed by atoms with van der Waals surface area (Å²) >= 11 is 0. The minimum Gasteiger partial charge on any atom is -0.491 e. The van der Waals surface area contributed by atoms with Crippen LogP contribution in [-0.2, 0) is 6.18 Å². The minimum absolute atomic E-state index is 0.177. The van der Waals surface area contributed by atoms with Gasteiger partial charge in [0.15, 0.2) is 5.78 Å². The molecule has 0 atom stereocenters. The fraction of sp³-hybridized carbons (Fsp3) is 0.417. The summed E-state index contributed by atoms with van der Waals surface area (Å²) in [5, 5.41) is 0. The smallest absolute Gasteiger partial charge is 0.419 e. The first kappa shape index (κ1) is 14.5. The van der Waals surface area contributed by atoms with Crippen molar-refractivity contribution in [1.29, 1.82) is 0 Å². The molecule has 0 bridgehead atoms. The molecule has 0 fully saturated rings. The molecule has 0 aliphatic heterocycles. The highest BCUT2D eigenvalue weighted by Gasteiger charge is 2.36. The summed E-state index contributed by atoms with van der Waals surface area (Å²) in [6.45, 7) is 4.23. The molecule has 1 aromatic rings. The molecule has 0 spiro atoms. The van der Waals surface area contributed by atoms with Crippen LogP contribution in [0, 0.1) is 5.82 Å². The van der Waals surface area contributed by atoms with Crippen LogP contribution in [0.15, 0.2) is 12.1 Å². The highest BCUT2D eigenvalue weighted by atomic mass is 19.4. The molecule has 0 unspecified atom stereocenters. The van der Waals surface area contributed by atoms with E-state index in [0.717, 1.165) is 13.0 Å². The van der Waals surface area contributed by atoms with E-state index < -0.39 is 28.9 Å². The summed E-state index contributed by atoms with van der Waals surface area (Å²) in [5.74, 6) is -2.53. The molecule has 0 radical (unpaired) electrons. The van der Waals surface area contributed by atoms with Gasteiger partial charge in [0.25, 0.3) is 0 Å². The van der Waals surface area contributed by atoms with Crippen molar-refractivity contribution in [2.24, 2.45) is 0 Å². The zero-order valence-corrected chi connectivity index (χ0v) is 10.1. The number of carbonyl (C=O) groups is 1. The van der Waals surface area contributed by atoms with E-state index in [2.05, 4.69) is 0 Å². The molecule has 2 nitrogen and oxygen atoms in total. The van der Waals surface area contributed by atoms with Crippen molar-refractivity contribution in [3.8, 4) is 5.75 Å². The average Bonchev–Trinajstić information content (AvgIpc) is 2.17. The van der Waals surface area contributed by atoms with Crippen molar-refractivity contribution in [2.45, 2.75) is 33.1 Å². The number of ether oxygens (including phenoxy) is 1. The maximum absolute atomic E-state index is 13.5. The molecule has 0 saturated carbocycles. The standard InChI is InChI=1S/C12H12F4O2/c1-6(2)18-8-4-9(7(3)17)11(13)10(5-8)12(14,15)16/h4-6H,1-3H3. The normalized spacial score (nSPS) is 11.8. The molecule has 0 heterocycles. The van der Waals surface area contributed by atoms with Crippen LogP contribution in [0.5, 0.6) is 5.75 Å². The van der Waals surface area contributed by atoms with Crippen LogP contribution < -0.4 is 4.74 Å². The van der Waals surface area contributed by atoms with Crippen LogP contribution >= 0.6 is 0 Å². The van der Waals surface area contributed by atoms with Gasteiger partial charge in [-0.15, -0.1) is 0 Å². The van der Waals surface area contributed by atoms with Gasteiger partial charge in [0.2, 0.25) is 0 Å². The summed E-state index contributed by atoms with van der Waals surface area (Å²) in [6.07, 6.45) is -5.25. The van der Waals surface area contributed by atoms with E-state index in [-0.39, 0.29) is 11.9 Å². The van der Waals surface area contributed by atoms with Gasteiger partial charge in [-0.1, -0.05) is 0 Å². The number of carbonyl (C=O) groups excluding carboxylic acids is 1. The van der Waals surface area contributed by atoms with E-state index in [1.54, 1.807) is 13.8 Å². The van der Waals surface area contributed by atoms with E-state index in [9.17, 15) is 22.4 Å². The summed E-state index contributed by atoms with van der Waals surface area (Å²) in [5.41, 5.74) is -2.12. The van der Waals surface area contributed by atoms with E-state index in [4.69, 9.17) is 4.74 Å². The second kappa shape index (κ2) is 4.96. The molecule has 1 rings (SSSR count). The van der Waals surface area contributed by atoms with Crippen LogP contribution in [0.1, 0.15) is 36.7 Å². The number of halogens is 4. The number of ketones is 1. The monoisotopic (exact) mass is 264 g/mol. The fourth-order valence-electron chi connectivity index (χ4n) is 1.40. The van der Waals surface area contributed by atoms with Gasteiger partial charge in [-0.2, -0.15) is 13.2 Å². The second-order valence-corrected chi connectivity index (χ2v) is 4.05. The van der Waals surface area contributed by atoms with E-state index >= 15 is 0 Å². The molecular formula is C12H12F4O2. The molecular weight excluding hydrogens is 252 g/mol. The Morgan fingerprint density at radius 2 is 1.83 bits per heavy atom. The maximum atomic E-state index is 13.5. The number of hydrogen-bond donors (Lipinski definition) is 0. The Kier molecular flexibility index (Phi) is 3.98. The van der Waals surface area contributed by atoms with Gasteiger partial charge in [-0.25, -0.2) is 4.39 Å². The van der Waals surface area contributed by atoms with Gasteiger partial charge in [0.1, 0.15) is 11.6 Å². The quantitative estimate of drug-likeness (QED) is 0.612. The van der Waals surface area contributed by atoms with Gasteiger partial charge in [0.05, 0.1) is 17.2 Å². The molecule has 0 aromatic heterocycles. The van der Waals surface area contributed by atoms with Crippen molar-refractivity contribution < 1.29 is 27.1 Å². The number of alkyl halides is 3. The van der Waals surface area contributed by atoms with Gasteiger partial charge in [-0.05, 0) is 32.9 Å². The molecule has 0 saturated heterocycles. The Morgan fingerprint density at radius 1 is 1.28 bits per heavy atom. The molecule has 0 N–H and O–H groups in total. The molecule has 6 heteroatoms. The SMILES string of the molecule is CC(=O)c1cc(OC(C)C)cc(C(F)(F)F)c1F. The number of hydrogen-bond acceptors (Lipinski definition) is 2. The lowest BCUT2D eigenvalue weighted by Gasteiger charge is -2.15. The Balaban J connectivity index is 3.42. The molecule has 0 aliphatic carbocycles. The fourth-order valence-corrected chi connectivity index (χ4v) is 1.40. The zero-order chi connectivity index (χ0) is 14.1. The Morgan fingerprint density at radius 3 is 2.22 bits per heavy atom. The third-order valence-electron chi connectivity index (χ3n) is 2.10. The predicted octanol–water partition coefficient (Wildman–Crippen LogP) is 3.83. The largest absolute Gasteiger partial charge is 0.491 e. The maximum Gasteiger partial charge on any atom is 0.419 e. The van der Waals surface area contributed by atoms with Gasteiger partial charge < -0.3 is 4.74 Å². The minimum atomic E-state index is -4.87. The van der Waals surface area contributed by atoms with E-state index in [1.165, 1.54) is 0 Å². The van der Waals surface area contributed by atoms with Crippen molar-refractivity contribution in [3.63, 3.8) is 0 Å². The topological polar surface area (TPSA) is 26.3 Å². The first-order valence-corrected chi connectivity index (χ1v) is 5.21. The zero-order valence-electron chi connectivity index (χ0n) is 10.1. The lowest BCUT2D eigenvalue weighted by atomic mass is 10.1. The molecule has 0 aliphatic rings. The molecule has 0 amide bonds. The van der Waals surface area contributed by atoms with Crippen molar-refractivity contribution in [2.75, 3.05) is 0 Å². The number of benzene rings is 1. The Hall–Kier alpha value is -1.59. The first-order chi connectivity index (χ1) is 8.12. The summed E-state index contributed by atoms with van der Waals surface area (Å²) in [4.78, 5) is 11.1. The molecule has 1 aromatic carbocycles. The van der Waals surface area contributed by atoms with Gasteiger partial charge >= 0.3 is 6.18 Å². The first-order valence-electron chi connectivity index (χ1n) is 5.21. The number of Topliss-reactive ketones (excluding diaryl/α,β-unsaturated/α-hetero) is 1. The predicted molar refractivity (Wildman–Crippen MR) is 57.2 cm³/mol. The summed E-state index contributed by atoms with van der Waals surface area (Å²) < 4.78 is 56.4. The Bertz CT molecular complexity index is 464. The van der Waals surface area contributed by atoms with Crippen LogP contribution in [-0.4, -0.2) is 11.9 Å². The molecule has 100 valence electrons. The lowest BCUT2D eigenvalue weighted by molar-refractivity contribution is -0.140.